The van der Waals surface area contributed by atoms with Crippen LogP contribution in [0.15, 0.2) is 4.99 Å². The molecule has 25 nitrogen and oxygen atoms in total. The number of nitrogens with zero attached hydrogens (tertiary/aromatic N) is 1. The van der Waals surface area contributed by atoms with Crippen molar-refractivity contribution in [2.45, 2.75) is 121 Å². The lowest BCUT2D eigenvalue weighted by Gasteiger charge is -2.29. The molecule has 382 valence electrons. The molecule has 0 radical (unpaired) electrons. The van der Waals surface area contributed by atoms with Crippen LogP contribution >= 0.6 is 50.5 Å². The zero-order valence-electron chi connectivity index (χ0n) is 38.2. The summed E-state index contributed by atoms with van der Waals surface area (Å²) in [6.07, 6.45) is -1.52. The van der Waals surface area contributed by atoms with E-state index in [1.165, 1.54) is 13.8 Å². The number of hydrogen-bond acceptors (Lipinski definition) is 17. The average Bonchev–Trinajstić information content (AvgIpc) is 3.25. The van der Waals surface area contributed by atoms with E-state index in [1.807, 2.05) is 0 Å². The van der Waals surface area contributed by atoms with Gasteiger partial charge in [-0.25, -0.2) is 4.79 Å². The largest absolute Gasteiger partial charge is 0.480 e. The van der Waals surface area contributed by atoms with E-state index >= 15 is 0 Å². The number of nitrogens with one attached hydrogen (secondary N) is 9. The fraction of sp³-hybridized carbons (Fsp3) is 0.711. The Morgan fingerprint density at radius 1 is 0.522 bits per heavy atom. The van der Waals surface area contributed by atoms with Crippen molar-refractivity contribution in [2.75, 3.05) is 36.1 Å². The standard InChI is InChI=1S/C38H69N13O12S4/c1-16(2)10-21(31(56)51-28(19(6)52)36(61)49-24(14-66)34(59)48-25(15-67)35(60)50-27(17(3)4)37(62)63)46-30(55)20(8-7-9-42-38(40)41)45-29(54)18(5)43-32(57)23(13-65)47-33(58)22(12-64)44-26(53)11-39/h16-25,27-28,52,64-67H,7-15,39H2,1-6H3,(H,43,57)(H,44,53)(H,45,54)(H,46,55)(H,47,58)(H,48,59)(H,49,61)(H,50,60)(H,51,56)(H,62,63)(H4,40,41,42)/t18-,19+,20-,21-,22-,23-,24-,25-,27-,28-/m0/s1. The quantitative estimate of drug-likeness (QED) is 0.0133. The van der Waals surface area contributed by atoms with E-state index in [0.717, 1.165) is 0 Å². The number of carboxylic acids is 1. The third kappa shape index (κ3) is 23.2. The van der Waals surface area contributed by atoms with E-state index in [0.29, 0.717) is 0 Å². The summed E-state index contributed by atoms with van der Waals surface area (Å²) in [6.45, 7) is 8.74. The fourth-order valence-electron chi connectivity index (χ4n) is 5.69. The highest BCUT2D eigenvalue weighted by Gasteiger charge is 2.36. The molecule has 0 spiro atoms. The van der Waals surface area contributed by atoms with Gasteiger partial charge in [0, 0.05) is 29.6 Å². The number of rotatable bonds is 31. The van der Waals surface area contributed by atoms with Crippen molar-refractivity contribution in [3.8, 4) is 0 Å². The Labute approximate surface area is 411 Å². The van der Waals surface area contributed by atoms with Crippen molar-refractivity contribution in [3.63, 3.8) is 0 Å². The predicted molar refractivity (Wildman–Crippen MR) is 261 cm³/mol. The van der Waals surface area contributed by atoms with Crippen molar-refractivity contribution in [1.29, 1.82) is 0 Å². The molecule has 9 amide bonds. The highest BCUT2D eigenvalue weighted by Crippen LogP contribution is 2.10. The number of nitrogens with two attached hydrogens (primary N) is 3. The second kappa shape index (κ2) is 32.1. The summed E-state index contributed by atoms with van der Waals surface area (Å²) in [4.78, 5) is 134. The molecule has 10 atom stereocenters. The third-order valence-electron chi connectivity index (χ3n) is 9.43. The molecule has 0 aromatic rings. The van der Waals surface area contributed by atoms with Gasteiger partial charge in [-0.2, -0.15) is 50.5 Å². The van der Waals surface area contributed by atoms with Crippen LogP contribution in [0.25, 0.3) is 0 Å². The maximum Gasteiger partial charge on any atom is 0.326 e. The van der Waals surface area contributed by atoms with Crippen molar-refractivity contribution in [2.24, 2.45) is 34.0 Å². The van der Waals surface area contributed by atoms with Crippen LogP contribution in [-0.4, -0.2) is 172 Å². The van der Waals surface area contributed by atoms with Crippen molar-refractivity contribution in [3.05, 3.63) is 0 Å². The van der Waals surface area contributed by atoms with Gasteiger partial charge in [0.25, 0.3) is 0 Å². The van der Waals surface area contributed by atoms with E-state index in [2.05, 4.69) is 103 Å². The maximum absolute atomic E-state index is 13.9. The first kappa shape index (κ1) is 62.3. The van der Waals surface area contributed by atoms with Crippen LogP contribution < -0.4 is 65.1 Å². The Bertz CT molecular complexity index is 1740. The minimum absolute atomic E-state index is 0.0118. The van der Waals surface area contributed by atoms with Gasteiger partial charge in [0.15, 0.2) is 5.96 Å². The van der Waals surface area contributed by atoms with Gasteiger partial charge in [-0.1, -0.05) is 27.7 Å². The van der Waals surface area contributed by atoms with Crippen LogP contribution in [0.2, 0.25) is 0 Å². The molecule has 0 heterocycles. The van der Waals surface area contributed by atoms with Crippen molar-refractivity contribution >= 4 is 116 Å². The average molecular weight is 1030 g/mol. The summed E-state index contributed by atoms with van der Waals surface area (Å²) in [5, 5.41) is 41.8. The number of carbonyl (C=O) groups excluding carboxylic acids is 9. The predicted octanol–water partition coefficient (Wildman–Crippen LogP) is -5.73. The minimum Gasteiger partial charge on any atom is -0.480 e. The number of hydrogen-bond donors (Lipinski definition) is 18. The number of amides is 9. The zero-order chi connectivity index (χ0) is 51.7. The Morgan fingerprint density at radius 2 is 0.910 bits per heavy atom. The SMILES string of the molecule is CC(C)C[C@H](NC(=O)[C@H](CCCN=C(N)N)NC(=O)[C@H](C)NC(=O)[C@H](CS)NC(=O)[C@H](CS)NC(=O)CN)C(=O)N[C@H](C(=O)N[C@@H](CS)C(=O)N[C@@H](CS)C(=O)N[C@H](C(=O)O)C(C)C)[C@@H](C)O. The monoisotopic (exact) mass is 1030 g/mol. The lowest BCUT2D eigenvalue weighted by Crippen LogP contribution is -2.62. The normalized spacial score (nSPS) is 15.6. The third-order valence-corrected chi connectivity index (χ3v) is 10.9. The molecule has 0 aromatic carbocycles. The Morgan fingerprint density at radius 3 is 1.33 bits per heavy atom. The summed E-state index contributed by atoms with van der Waals surface area (Å²) in [5.41, 5.74) is 16.2. The lowest BCUT2D eigenvalue weighted by molar-refractivity contribution is -0.143. The molecule has 0 fully saturated rings. The number of guanidine groups is 1. The summed E-state index contributed by atoms with van der Waals surface area (Å²) in [7, 11) is 0. The van der Waals surface area contributed by atoms with Gasteiger partial charge in [-0.3, -0.25) is 48.1 Å². The molecule has 0 saturated heterocycles. The number of aliphatic carboxylic acids is 1. The van der Waals surface area contributed by atoms with E-state index < -0.39 is 132 Å². The zero-order valence-corrected chi connectivity index (χ0v) is 41.8. The van der Waals surface area contributed by atoms with Crippen molar-refractivity contribution in [1.82, 2.24) is 47.9 Å². The van der Waals surface area contributed by atoms with Crippen LogP contribution in [0, 0.1) is 11.8 Å². The maximum atomic E-state index is 13.9. The number of carbonyl (C=O) groups is 10. The molecule has 0 unspecified atom stereocenters. The molecule has 0 saturated carbocycles. The first-order valence-corrected chi connectivity index (χ1v) is 23.6. The smallest absolute Gasteiger partial charge is 0.326 e. The second-order valence-electron chi connectivity index (χ2n) is 16.0. The lowest BCUT2D eigenvalue weighted by atomic mass is 10.0. The van der Waals surface area contributed by atoms with E-state index in [1.54, 1.807) is 27.7 Å². The molecule has 0 rings (SSSR count). The Kier molecular flexibility index (Phi) is 29.9. The van der Waals surface area contributed by atoms with Gasteiger partial charge in [0.1, 0.15) is 54.4 Å². The van der Waals surface area contributed by atoms with Gasteiger partial charge in [-0.15, -0.1) is 0 Å². The Hall–Kier alpha value is -4.71. The molecule has 0 aromatic heterocycles. The van der Waals surface area contributed by atoms with Crippen LogP contribution in [0.1, 0.15) is 60.8 Å². The van der Waals surface area contributed by atoms with Gasteiger partial charge in [-0.05, 0) is 44.9 Å². The summed E-state index contributed by atoms with van der Waals surface area (Å²) in [6, 6.07) is -12.2. The van der Waals surface area contributed by atoms with E-state index in [9.17, 15) is 58.2 Å². The van der Waals surface area contributed by atoms with Crippen LogP contribution in [0.5, 0.6) is 0 Å². The Balaban J connectivity index is 6.23. The summed E-state index contributed by atoms with van der Waals surface area (Å²) < 4.78 is 0. The molecule has 29 heteroatoms. The van der Waals surface area contributed by atoms with Crippen LogP contribution in [0.3, 0.4) is 0 Å². The van der Waals surface area contributed by atoms with Gasteiger partial charge < -0.3 is 75.3 Å². The van der Waals surface area contributed by atoms with Crippen LogP contribution in [0.4, 0.5) is 0 Å². The number of aliphatic imine (C=N–C) groups is 1. The molecule has 0 aliphatic carbocycles. The first-order chi connectivity index (χ1) is 31.3. The minimum atomic E-state index is -1.71. The molecule has 0 bridgehead atoms. The fourth-order valence-corrected chi connectivity index (χ4v) is 6.71. The number of thiol groups is 4. The second-order valence-corrected chi connectivity index (χ2v) is 17.4. The summed E-state index contributed by atoms with van der Waals surface area (Å²) >= 11 is 16.4. The van der Waals surface area contributed by atoms with Gasteiger partial charge in [0.2, 0.25) is 53.2 Å². The topological polar surface area (TPSA) is 410 Å². The highest BCUT2D eigenvalue weighted by atomic mass is 32.1. The van der Waals surface area contributed by atoms with Crippen molar-refractivity contribution < 1.29 is 58.2 Å². The molecule has 0 aliphatic heterocycles. The van der Waals surface area contributed by atoms with E-state index in [-0.39, 0.29) is 60.7 Å². The number of carboxylic acid groups (broad SMARTS) is 1. The molecular weight excluding hydrogens is 959 g/mol. The molecular formula is C38H69N13O12S4. The van der Waals surface area contributed by atoms with E-state index in [4.69, 9.17) is 17.2 Å². The highest BCUT2D eigenvalue weighted by molar-refractivity contribution is 7.80. The summed E-state index contributed by atoms with van der Waals surface area (Å²) in [5.74, 6) is -10.9. The first-order valence-electron chi connectivity index (χ1n) is 21.1. The molecule has 67 heavy (non-hydrogen) atoms. The number of aliphatic hydroxyl groups excluding tert-OH is 1. The molecule has 17 N–H and O–H groups in total. The number of aliphatic hydroxyl groups is 1. The van der Waals surface area contributed by atoms with Gasteiger partial charge >= 0.3 is 5.97 Å². The molecule has 0 aliphatic rings. The van der Waals surface area contributed by atoms with Gasteiger partial charge in [0.05, 0.1) is 12.6 Å². The van der Waals surface area contributed by atoms with Crippen LogP contribution in [-0.2, 0) is 47.9 Å².